The van der Waals surface area contributed by atoms with Crippen LogP contribution in [0.1, 0.15) is 6.42 Å². The number of hydrogen-bond donors (Lipinski definition) is 1. The van der Waals surface area contributed by atoms with E-state index in [9.17, 15) is 13.2 Å². The minimum Gasteiger partial charge on any atom is -0.483 e. The molecule has 1 saturated heterocycles. The second-order valence-corrected chi connectivity index (χ2v) is 9.53. The number of ether oxygens (including phenoxy) is 1. The first kappa shape index (κ1) is 19.7. The van der Waals surface area contributed by atoms with Crippen molar-refractivity contribution in [3.05, 3.63) is 65.1 Å². The lowest BCUT2D eigenvalue weighted by Crippen LogP contribution is -2.25. The van der Waals surface area contributed by atoms with Gasteiger partial charge in [0.25, 0.3) is 5.91 Å². The average molecular weight is 475 g/mol. The molecule has 1 heterocycles. The summed E-state index contributed by atoms with van der Waals surface area (Å²) in [6.07, 6.45) is 0.605. The molecule has 1 aliphatic heterocycles. The molecule has 6 nitrogen and oxygen atoms in total. The zero-order valence-electron chi connectivity index (χ0n) is 15.5. The summed E-state index contributed by atoms with van der Waals surface area (Å²) in [5, 5.41) is 4.84. The van der Waals surface area contributed by atoms with E-state index in [0.717, 1.165) is 15.2 Å². The van der Waals surface area contributed by atoms with Crippen LogP contribution >= 0.6 is 15.9 Å². The van der Waals surface area contributed by atoms with Gasteiger partial charge in [0.1, 0.15) is 5.75 Å². The number of sulfonamides is 1. The molecule has 0 unspecified atom stereocenters. The summed E-state index contributed by atoms with van der Waals surface area (Å²) in [5.74, 6) is 0.403. The summed E-state index contributed by atoms with van der Waals surface area (Å²) >= 11 is 3.54. The Bertz CT molecular complexity index is 1180. The molecule has 0 aliphatic carbocycles. The summed E-state index contributed by atoms with van der Waals surface area (Å²) in [4.78, 5) is 12.3. The number of nitrogens with zero attached hydrogens (tertiary/aromatic N) is 1. The van der Waals surface area contributed by atoms with Gasteiger partial charge in [-0.05, 0) is 57.4 Å². The fourth-order valence-corrected chi connectivity index (χ4v) is 5.50. The van der Waals surface area contributed by atoms with Gasteiger partial charge < -0.3 is 10.1 Å². The molecule has 1 fully saturated rings. The molecule has 4 rings (SSSR count). The molecule has 1 aliphatic rings. The largest absolute Gasteiger partial charge is 0.483 e. The molecule has 0 atom stereocenters. The Morgan fingerprint density at radius 2 is 1.93 bits per heavy atom. The molecule has 1 amide bonds. The number of carbonyl (C=O) groups is 1. The van der Waals surface area contributed by atoms with Crippen molar-refractivity contribution >= 4 is 54.0 Å². The normalized spacial score (nSPS) is 15.4. The lowest BCUT2D eigenvalue weighted by atomic mass is 10.1. The fraction of sp³-hybridized carbons (Fsp3) is 0.190. The van der Waals surface area contributed by atoms with Crippen molar-refractivity contribution in [2.45, 2.75) is 6.42 Å². The van der Waals surface area contributed by atoms with E-state index in [0.29, 0.717) is 30.1 Å². The second kappa shape index (κ2) is 8.04. The summed E-state index contributed by atoms with van der Waals surface area (Å²) < 4.78 is 32.0. The SMILES string of the molecule is O=C(COc1ccc2ccccc2c1Br)Nc1cccc(N2CCCS2(=O)=O)c1. The highest BCUT2D eigenvalue weighted by molar-refractivity contribution is 9.10. The summed E-state index contributed by atoms with van der Waals surface area (Å²) in [5.41, 5.74) is 1.08. The topological polar surface area (TPSA) is 75.7 Å². The van der Waals surface area contributed by atoms with E-state index in [1.54, 1.807) is 24.3 Å². The molecular formula is C21H19BrN2O4S. The number of hydrogen-bond acceptors (Lipinski definition) is 4. The molecule has 3 aromatic rings. The van der Waals surface area contributed by atoms with Gasteiger partial charge in [-0.25, -0.2) is 8.42 Å². The molecular weight excluding hydrogens is 456 g/mol. The van der Waals surface area contributed by atoms with Crippen LogP contribution in [0.2, 0.25) is 0 Å². The zero-order valence-corrected chi connectivity index (χ0v) is 17.9. The third-order valence-corrected chi connectivity index (χ3v) is 7.39. The van der Waals surface area contributed by atoms with Gasteiger partial charge in [-0.2, -0.15) is 0 Å². The van der Waals surface area contributed by atoms with E-state index in [-0.39, 0.29) is 18.3 Å². The van der Waals surface area contributed by atoms with Crippen LogP contribution in [0.4, 0.5) is 11.4 Å². The Kier molecular flexibility index (Phi) is 5.47. The molecule has 0 radical (unpaired) electrons. The average Bonchev–Trinajstić information content (AvgIpc) is 3.07. The maximum Gasteiger partial charge on any atom is 0.262 e. The monoisotopic (exact) mass is 474 g/mol. The summed E-state index contributed by atoms with van der Waals surface area (Å²) in [6.45, 7) is 0.294. The Morgan fingerprint density at radius 1 is 1.10 bits per heavy atom. The van der Waals surface area contributed by atoms with Gasteiger partial charge in [-0.1, -0.05) is 36.4 Å². The highest BCUT2D eigenvalue weighted by Crippen LogP contribution is 2.33. The molecule has 0 saturated carbocycles. The highest BCUT2D eigenvalue weighted by Gasteiger charge is 2.28. The van der Waals surface area contributed by atoms with Crippen molar-refractivity contribution in [2.75, 3.05) is 28.5 Å². The van der Waals surface area contributed by atoms with E-state index in [4.69, 9.17) is 4.74 Å². The number of fused-ring (bicyclic) bond motifs is 1. The van der Waals surface area contributed by atoms with E-state index in [2.05, 4.69) is 21.2 Å². The second-order valence-electron chi connectivity index (χ2n) is 6.73. The number of benzene rings is 3. The van der Waals surface area contributed by atoms with Crippen LogP contribution in [0, 0.1) is 0 Å². The molecule has 3 aromatic carbocycles. The number of amides is 1. The maximum atomic E-state index is 12.3. The molecule has 0 aromatic heterocycles. The van der Waals surface area contributed by atoms with Gasteiger partial charge in [0, 0.05) is 12.2 Å². The van der Waals surface area contributed by atoms with Gasteiger partial charge in [0.05, 0.1) is 15.9 Å². The van der Waals surface area contributed by atoms with Crippen molar-refractivity contribution in [3.8, 4) is 5.75 Å². The van der Waals surface area contributed by atoms with E-state index in [1.165, 1.54) is 4.31 Å². The van der Waals surface area contributed by atoms with Gasteiger partial charge in [0.2, 0.25) is 10.0 Å². The molecule has 29 heavy (non-hydrogen) atoms. The van der Waals surface area contributed by atoms with Crippen LogP contribution in [0.3, 0.4) is 0 Å². The highest BCUT2D eigenvalue weighted by atomic mass is 79.9. The van der Waals surface area contributed by atoms with Crippen molar-refractivity contribution in [1.29, 1.82) is 0 Å². The fourth-order valence-electron chi connectivity index (χ4n) is 3.33. The lowest BCUT2D eigenvalue weighted by Gasteiger charge is -2.18. The van der Waals surface area contributed by atoms with Crippen LogP contribution in [-0.2, 0) is 14.8 Å². The molecule has 8 heteroatoms. The predicted molar refractivity (Wildman–Crippen MR) is 118 cm³/mol. The molecule has 0 spiro atoms. The number of nitrogens with one attached hydrogen (secondary N) is 1. The van der Waals surface area contributed by atoms with Gasteiger partial charge in [0.15, 0.2) is 6.61 Å². The maximum absolute atomic E-state index is 12.3. The Balaban J connectivity index is 1.43. The number of halogens is 1. The first-order valence-electron chi connectivity index (χ1n) is 9.14. The van der Waals surface area contributed by atoms with Crippen molar-refractivity contribution < 1.29 is 17.9 Å². The van der Waals surface area contributed by atoms with E-state index < -0.39 is 10.0 Å². The zero-order chi connectivity index (χ0) is 20.4. The first-order valence-corrected chi connectivity index (χ1v) is 11.5. The smallest absolute Gasteiger partial charge is 0.262 e. The van der Waals surface area contributed by atoms with Crippen molar-refractivity contribution in [2.24, 2.45) is 0 Å². The Hall–Kier alpha value is -2.58. The minimum absolute atomic E-state index is 0.151. The quantitative estimate of drug-likeness (QED) is 0.602. The Labute approximate surface area is 177 Å². The molecule has 1 N–H and O–H groups in total. The van der Waals surface area contributed by atoms with E-state index >= 15 is 0 Å². The number of carbonyl (C=O) groups excluding carboxylic acids is 1. The van der Waals surface area contributed by atoms with Crippen LogP contribution in [-0.4, -0.2) is 33.2 Å². The van der Waals surface area contributed by atoms with Crippen LogP contribution in [0.15, 0.2) is 65.1 Å². The van der Waals surface area contributed by atoms with Crippen molar-refractivity contribution in [3.63, 3.8) is 0 Å². The third-order valence-electron chi connectivity index (χ3n) is 4.70. The summed E-state index contributed by atoms with van der Waals surface area (Å²) in [6, 6.07) is 18.5. The van der Waals surface area contributed by atoms with Crippen molar-refractivity contribution in [1.82, 2.24) is 0 Å². The number of rotatable bonds is 5. The van der Waals surface area contributed by atoms with E-state index in [1.807, 2.05) is 36.4 Å². The first-order chi connectivity index (χ1) is 13.9. The third kappa shape index (κ3) is 4.23. The molecule has 0 bridgehead atoms. The van der Waals surface area contributed by atoms with Crippen LogP contribution < -0.4 is 14.4 Å². The van der Waals surface area contributed by atoms with Gasteiger partial charge in [-0.3, -0.25) is 9.10 Å². The summed E-state index contributed by atoms with van der Waals surface area (Å²) in [7, 11) is -3.26. The standard InChI is InChI=1S/C21H19BrN2O4S/c22-21-18-8-2-1-5-15(18)9-10-19(21)28-14-20(25)23-16-6-3-7-17(13-16)24-11-4-12-29(24,26)27/h1-3,5-10,13H,4,11-12,14H2,(H,23,25). The van der Waals surface area contributed by atoms with Gasteiger partial charge in [-0.15, -0.1) is 0 Å². The Morgan fingerprint density at radius 3 is 2.72 bits per heavy atom. The van der Waals surface area contributed by atoms with Crippen LogP contribution in [0.25, 0.3) is 10.8 Å². The van der Waals surface area contributed by atoms with Crippen LogP contribution in [0.5, 0.6) is 5.75 Å². The predicted octanol–water partition coefficient (Wildman–Crippen LogP) is 4.16. The van der Waals surface area contributed by atoms with Gasteiger partial charge >= 0.3 is 0 Å². The minimum atomic E-state index is -3.26. The molecule has 150 valence electrons. The lowest BCUT2D eigenvalue weighted by molar-refractivity contribution is -0.118. The number of anilines is 2.